The Morgan fingerprint density at radius 1 is 1.36 bits per heavy atom. The van der Waals surface area contributed by atoms with Crippen LogP contribution in [0.3, 0.4) is 0 Å². The number of rotatable bonds is 0. The molecule has 0 aliphatic heterocycles. The Morgan fingerprint density at radius 3 is 2.82 bits per heavy atom. The van der Waals surface area contributed by atoms with Gasteiger partial charge in [-0.1, -0.05) is 24.3 Å². The van der Waals surface area contributed by atoms with E-state index in [1.54, 1.807) is 0 Å². The predicted octanol–water partition coefficient (Wildman–Crippen LogP) is 1.58. The van der Waals surface area contributed by atoms with Crippen LogP contribution in [0, 0.1) is 0 Å². The molecule has 1 aromatic rings. The van der Waals surface area contributed by atoms with Crippen LogP contribution in [0.15, 0.2) is 24.3 Å². The van der Waals surface area contributed by atoms with Crippen molar-refractivity contribution in [3.63, 3.8) is 0 Å². The molecule has 58 valence electrons. The lowest BCUT2D eigenvalue weighted by Crippen LogP contribution is -2.17. The largest absolute Gasteiger partial charge is 0.322 e. The average Bonchev–Trinajstić information content (AvgIpc) is 2.30. The molecule has 1 aromatic carbocycles. The van der Waals surface area contributed by atoms with Gasteiger partial charge in [0, 0.05) is 6.42 Å². The van der Waals surface area contributed by atoms with Crippen molar-refractivity contribution >= 4 is 0 Å². The molecule has 0 saturated heterocycles. The van der Waals surface area contributed by atoms with E-state index in [4.69, 9.17) is 5.73 Å². The van der Waals surface area contributed by atoms with Gasteiger partial charge >= 0.3 is 0 Å². The predicted molar refractivity (Wildman–Crippen MR) is 42.0 cm³/mol. The van der Waals surface area contributed by atoms with Gasteiger partial charge in [0.05, 0.1) is 6.04 Å². The molecule has 0 radical (unpaired) electrons. The number of benzene rings is 1. The molecule has 0 saturated carbocycles. The highest BCUT2D eigenvalue weighted by molar-refractivity contribution is 5.35. The topological polar surface area (TPSA) is 26.0 Å². The minimum Gasteiger partial charge on any atom is -0.322 e. The Bertz CT molecular complexity index is 272. The highest BCUT2D eigenvalue weighted by Gasteiger charge is 2.28. The highest BCUT2D eigenvalue weighted by atomic mass is 19.1. The van der Waals surface area contributed by atoms with Crippen molar-refractivity contribution in [2.75, 3.05) is 0 Å². The Balaban J connectivity index is 2.47. The average molecular weight is 151 g/mol. The molecule has 0 unspecified atom stereocenters. The maximum atomic E-state index is 13.0. The SMILES string of the molecule is N[C@@H]1c2ccccc2C[C@@H]1F. The zero-order valence-electron chi connectivity index (χ0n) is 6.13. The van der Waals surface area contributed by atoms with Crippen LogP contribution in [0.1, 0.15) is 17.2 Å². The summed E-state index contributed by atoms with van der Waals surface area (Å²) in [5.41, 5.74) is 7.65. The monoisotopic (exact) mass is 151 g/mol. The van der Waals surface area contributed by atoms with Gasteiger partial charge in [0.1, 0.15) is 6.17 Å². The molecule has 0 bridgehead atoms. The van der Waals surface area contributed by atoms with E-state index < -0.39 is 12.2 Å². The van der Waals surface area contributed by atoms with Crippen molar-refractivity contribution in [2.24, 2.45) is 5.73 Å². The second-order valence-corrected chi connectivity index (χ2v) is 2.94. The highest BCUT2D eigenvalue weighted by Crippen LogP contribution is 2.30. The van der Waals surface area contributed by atoms with Crippen LogP contribution in [-0.2, 0) is 6.42 Å². The third-order valence-corrected chi connectivity index (χ3v) is 2.22. The Kier molecular flexibility index (Phi) is 1.43. The normalized spacial score (nSPS) is 28.5. The summed E-state index contributed by atoms with van der Waals surface area (Å²) in [5, 5.41) is 0. The van der Waals surface area contributed by atoms with Gasteiger partial charge in [-0.05, 0) is 11.1 Å². The minimum atomic E-state index is -0.882. The molecule has 1 aliphatic rings. The fourth-order valence-corrected chi connectivity index (χ4v) is 1.58. The maximum Gasteiger partial charge on any atom is 0.123 e. The van der Waals surface area contributed by atoms with Gasteiger partial charge in [-0.25, -0.2) is 4.39 Å². The molecule has 0 spiro atoms. The van der Waals surface area contributed by atoms with Gasteiger partial charge in [-0.2, -0.15) is 0 Å². The lowest BCUT2D eigenvalue weighted by Gasteiger charge is -2.05. The van der Waals surface area contributed by atoms with Gasteiger partial charge in [0.2, 0.25) is 0 Å². The first-order chi connectivity index (χ1) is 5.29. The third kappa shape index (κ3) is 0.942. The van der Waals surface area contributed by atoms with Gasteiger partial charge in [0.15, 0.2) is 0 Å². The summed E-state index contributed by atoms with van der Waals surface area (Å²) in [5.74, 6) is 0. The van der Waals surface area contributed by atoms with Crippen molar-refractivity contribution < 1.29 is 4.39 Å². The smallest absolute Gasteiger partial charge is 0.123 e. The van der Waals surface area contributed by atoms with Gasteiger partial charge in [0.25, 0.3) is 0 Å². The van der Waals surface area contributed by atoms with Crippen LogP contribution < -0.4 is 5.73 Å². The maximum absolute atomic E-state index is 13.0. The number of hydrogen-bond acceptors (Lipinski definition) is 1. The summed E-state index contributed by atoms with van der Waals surface area (Å²) in [7, 11) is 0. The molecular formula is C9H10FN. The molecule has 0 amide bonds. The third-order valence-electron chi connectivity index (χ3n) is 2.22. The molecule has 1 nitrogen and oxygen atoms in total. The Morgan fingerprint density at radius 2 is 2.09 bits per heavy atom. The molecule has 2 heteroatoms. The lowest BCUT2D eigenvalue weighted by atomic mass is 10.1. The van der Waals surface area contributed by atoms with Crippen LogP contribution in [0.4, 0.5) is 4.39 Å². The minimum absolute atomic E-state index is 0.397. The number of hydrogen-bond donors (Lipinski definition) is 1. The van der Waals surface area contributed by atoms with E-state index >= 15 is 0 Å². The van der Waals surface area contributed by atoms with Crippen LogP contribution in [0.2, 0.25) is 0 Å². The second kappa shape index (κ2) is 2.31. The van der Waals surface area contributed by atoms with Crippen molar-refractivity contribution in [1.29, 1.82) is 0 Å². The van der Waals surface area contributed by atoms with E-state index in [1.807, 2.05) is 24.3 Å². The number of alkyl halides is 1. The summed E-state index contributed by atoms with van der Waals surface area (Å²) in [6, 6.07) is 7.26. The quantitative estimate of drug-likeness (QED) is 0.598. The molecule has 0 aromatic heterocycles. The first-order valence-electron chi connectivity index (χ1n) is 3.76. The summed E-state index contributed by atoms with van der Waals surface area (Å²) in [4.78, 5) is 0. The van der Waals surface area contributed by atoms with Crippen LogP contribution in [-0.4, -0.2) is 6.17 Å². The van der Waals surface area contributed by atoms with Crippen LogP contribution >= 0.6 is 0 Å². The summed E-state index contributed by atoms with van der Waals surface area (Å²) in [6.07, 6.45) is -0.399. The molecule has 1 aliphatic carbocycles. The van der Waals surface area contributed by atoms with Gasteiger partial charge < -0.3 is 5.73 Å². The van der Waals surface area contributed by atoms with E-state index in [1.165, 1.54) is 0 Å². The molecule has 0 heterocycles. The molecule has 0 fully saturated rings. The summed E-state index contributed by atoms with van der Waals surface area (Å²) in [6.45, 7) is 0. The zero-order chi connectivity index (χ0) is 7.84. The summed E-state index contributed by atoms with van der Waals surface area (Å²) < 4.78 is 13.0. The fourth-order valence-electron chi connectivity index (χ4n) is 1.58. The molecule has 2 atom stereocenters. The first kappa shape index (κ1) is 6.80. The lowest BCUT2D eigenvalue weighted by molar-refractivity contribution is 0.303. The van der Waals surface area contributed by atoms with E-state index in [9.17, 15) is 4.39 Å². The molecular weight excluding hydrogens is 141 g/mol. The standard InChI is InChI=1S/C9H10FN/c10-8-5-6-3-1-2-4-7(6)9(8)11/h1-4,8-9H,5,11H2/t8-,9+/m0/s1. The van der Waals surface area contributed by atoms with E-state index in [0.717, 1.165) is 11.1 Å². The first-order valence-corrected chi connectivity index (χ1v) is 3.76. The zero-order valence-corrected chi connectivity index (χ0v) is 6.13. The van der Waals surface area contributed by atoms with E-state index in [2.05, 4.69) is 0 Å². The second-order valence-electron chi connectivity index (χ2n) is 2.94. The van der Waals surface area contributed by atoms with Crippen LogP contribution in [0.5, 0.6) is 0 Å². The molecule has 11 heavy (non-hydrogen) atoms. The molecule has 2 N–H and O–H groups in total. The van der Waals surface area contributed by atoms with E-state index in [0.29, 0.717) is 6.42 Å². The fraction of sp³-hybridized carbons (Fsp3) is 0.333. The van der Waals surface area contributed by atoms with Gasteiger partial charge in [-0.15, -0.1) is 0 Å². The Labute approximate surface area is 65.0 Å². The van der Waals surface area contributed by atoms with Crippen molar-refractivity contribution in [1.82, 2.24) is 0 Å². The molecule has 2 rings (SSSR count). The Hall–Kier alpha value is -0.890. The summed E-state index contributed by atoms with van der Waals surface area (Å²) >= 11 is 0. The van der Waals surface area contributed by atoms with E-state index in [-0.39, 0.29) is 0 Å². The number of nitrogens with two attached hydrogens (primary N) is 1. The van der Waals surface area contributed by atoms with Crippen molar-refractivity contribution in [2.45, 2.75) is 18.6 Å². The number of halogens is 1. The van der Waals surface area contributed by atoms with Gasteiger partial charge in [-0.3, -0.25) is 0 Å². The van der Waals surface area contributed by atoms with Crippen LogP contribution in [0.25, 0.3) is 0 Å². The number of fused-ring (bicyclic) bond motifs is 1. The van der Waals surface area contributed by atoms with Crippen molar-refractivity contribution in [3.05, 3.63) is 35.4 Å². The van der Waals surface area contributed by atoms with Crippen molar-refractivity contribution in [3.8, 4) is 0 Å².